The first kappa shape index (κ1) is 14.5. The first-order valence-electron chi connectivity index (χ1n) is 6.96. The first-order valence-corrected chi connectivity index (χ1v) is 6.96. The average molecular weight is 271 g/mol. The fourth-order valence-electron chi connectivity index (χ4n) is 2.18. The summed E-state index contributed by atoms with van der Waals surface area (Å²) in [4.78, 5) is 8.56. The van der Waals surface area contributed by atoms with Crippen molar-refractivity contribution in [3.05, 3.63) is 54.1 Å². The van der Waals surface area contributed by atoms with Gasteiger partial charge in [-0.3, -0.25) is 9.97 Å². The molecule has 1 unspecified atom stereocenters. The van der Waals surface area contributed by atoms with Crippen molar-refractivity contribution in [3.63, 3.8) is 0 Å². The summed E-state index contributed by atoms with van der Waals surface area (Å²) < 4.78 is 5.43. The van der Waals surface area contributed by atoms with Crippen molar-refractivity contribution >= 4 is 0 Å². The Morgan fingerprint density at radius 1 is 1.20 bits per heavy atom. The van der Waals surface area contributed by atoms with Gasteiger partial charge in [0.1, 0.15) is 5.75 Å². The molecule has 0 aromatic carbocycles. The van der Waals surface area contributed by atoms with E-state index in [1.165, 1.54) is 5.56 Å². The molecule has 0 aliphatic heterocycles. The molecule has 20 heavy (non-hydrogen) atoms. The summed E-state index contributed by atoms with van der Waals surface area (Å²) in [5.74, 6) is 0.829. The highest BCUT2D eigenvalue weighted by Crippen LogP contribution is 2.25. The Morgan fingerprint density at radius 2 is 2.00 bits per heavy atom. The standard InChI is InChI=1S/C16H21N3O/c1-3-8-18-14(12-13-6-10-17-11-7-13)16-15(20-2)5-4-9-19-16/h4-7,9-11,14,18H,3,8,12H2,1-2H3. The molecule has 0 aliphatic carbocycles. The van der Waals surface area contributed by atoms with Crippen molar-refractivity contribution in [1.82, 2.24) is 15.3 Å². The van der Waals surface area contributed by atoms with Crippen LogP contribution in [0.2, 0.25) is 0 Å². The van der Waals surface area contributed by atoms with Gasteiger partial charge in [0.15, 0.2) is 0 Å². The summed E-state index contributed by atoms with van der Waals surface area (Å²) in [6, 6.07) is 8.07. The van der Waals surface area contributed by atoms with Crippen LogP contribution in [0.1, 0.15) is 30.6 Å². The van der Waals surface area contributed by atoms with Crippen LogP contribution in [0.15, 0.2) is 42.9 Å². The van der Waals surface area contributed by atoms with E-state index in [4.69, 9.17) is 4.74 Å². The minimum absolute atomic E-state index is 0.147. The van der Waals surface area contributed by atoms with Crippen LogP contribution in [0.3, 0.4) is 0 Å². The third kappa shape index (κ3) is 3.78. The Kier molecular flexibility index (Phi) is 5.50. The van der Waals surface area contributed by atoms with Crippen molar-refractivity contribution in [2.24, 2.45) is 0 Å². The summed E-state index contributed by atoms with van der Waals surface area (Å²) in [5, 5.41) is 3.55. The van der Waals surface area contributed by atoms with E-state index < -0.39 is 0 Å². The molecule has 0 saturated carbocycles. The van der Waals surface area contributed by atoms with Gasteiger partial charge in [0, 0.05) is 18.6 Å². The normalized spacial score (nSPS) is 12.1. The SMILES string of the molecule is CCCNC(Cc1ccncc1)c1ncccc1OC. The van der Waals surface area contributed by atoms with Gasteiger partial charge in [-0.05, 0) is 49.2 Å². The number of methoxy groups -OCH3 is 1. The fourth-order valence-corrected chi connectivity index (χ4v) is 2.18. The van der Waals surface area contributed by atoms with Crippen LogP contribution in [-0.2, 0) is 6.42 Å². The molecule has 1 atom stereocenters. The molecule has 4 nitrogen and oxygen atoms in total. The maximum atomic E-state index is 5.43. The molecule has 0 saturated heterocycles. The zero-order valence-electron chi connectivity index (χ0n) is 12.0. The Labute approximate surface area is 120 Å². The largest absolute Gasteiger partial charge is 0.495 e. The van der Waals surface area contributed by atoms with Gasteiger partial charge < -0.3 is 10.1 Å². The Hall–Kier alpha value is -1.94. The average Bonchev–Trinajstić information content (AvgIpc) is 2.52. The molecule has 2 aromatic heterocycles. The van der Waals surface area contributed by atoms with Gasteiger partial charge in [0.2, 0.25) is 0 Å². The topological polar surface area (TPSA) is 47.0 Å². The third-order valence-electron chi connectivity index (χ3n) is 3.18. The molecule has 1 N–H and O–H groups in total. The fraction of sp³-hybridized carbons (Fsp3) is 0.375. The summed E-state index contributed by atoms with van der Waals surface area (Å²) in [6.45, 7) is 3.11. The van der Waals surface area contributed by atoms with Gasteiger partial charge in [-0.25, -0.2) is 0 Å². The second-order valence-corrected chi connectivity index (χ2v) is 4.66. The second kappa shape index (κ2) is 7.60. The molecule has 2 aromatic rings. The molecular weight excluding hydrogens is 250 g/mol. The van der Waals surface area contributed by atoms with Gasteiger partial charge in [-0.2, -0.15) is 0 Å². The predicted molar refractivity (Wildman–Crippen MR) is 79.8 cm³/mol. The molecule has 0 radical (unpaired) electrons. The molecule has 0 amide bonds. The van der Waals surface area contributed by atoms with Crippen LogP contribution >= 0.6 is 0 Å². The minimum atomic E-state index is 0.147. The van der Waals surface area contributed by atoms with E-state index in [-0.39, 0.29) is 6.04 Å². The highest BCUT2D eigenvalue weighted by atomic mass is 16.5. The molecule has 106 valence electrons. The molecule has 2 rings (SSSR count). The summed E-state index contributed by atoms with van der Waals surface area (Å²) in [7, 11) is 1.68. The highest BCUT2D eigenvalue weighted by Gasteiger charge is 2.17. The second-order valence-electron chi connectivity index (χ2n) is 4.66. The number of pyridine rings is 2. The number of nitrogens with zero attached hydrogens (tertiary/aromatic N) is 2. The lowest BCUT2D eigenvalue weighted by atomic mass is 10.0. The maximum Gasteiger partial charge on any atom is 0.141 e. The number of rotatable bonds is 7. The van der Waals surface area contributed by atoms with E-state index >= 15 is 0 Å². The van der Waals surface area contributed by atoms with Crippen molar-refractivity contribution in [1.29, 1.82) is 0 Å². The summed E-state index contributed by atoms with van der Waals surface area (Å²) >= 11 is 0. The predicted octanol–water partition coefficient (Wildman–Crippen LogP) is 2.77. The smallest absolute Gasteiger partial charge is 0.141 e. The monoisotopic (exact) mass is 271 g/mol. The van der Waals surface area contributed by atoms with Crippen molar-refractivity contribution in [2.45, 2.75) is 25.8 Å². The van der Waals surface area contributed by atoms with E-state index in [1.807, 2.05) is 42.9 Å². The molecule has 0 spiro atoms. The first-order chi connectivity index (χ1) is 9.85. The zero-order chi connectivity index (χ0) is 14.2. The maximum absolute atomic E-state index is 5.43. The molecular formula is C16H21N3O. The highest BCUT2D eigenvalue weighted by molar-refractivity contribution is 5.31. The number of hydrogen-bond acceptors (Lipinski definition) is 4. The van der Waals surface area contributed by atoms with Gasteiger partial charge in [0.25, 0.3) is 0 Å². The quantitative estimate of drug-likeness (QED) is 0.841. The zero-order valence-corrected chi connectivity index (χ0v) is 12.0. The van der Waals surface area contributed by atoms with Gasteiger partial charge in [-0.1, -0.05) is 6.92 Å². The summed E-state index contributed by atoms with van der Waals surface area (Å²) in [6.07, 6.45) is 7.41. The van der Waals surface area contributed by atoms with Crippen LogP contribution in [0.4, 0.5) is 0 Å². The van der Waals surface area contributed by atoms with Crippen molar-refractivity contribution < 1.29 is 4.74 Å². The Balaban J connectivity index is 2.22. The summed E-state index contributed by atoms with van der Waals surface area (Å²) in [5.41, 5.74) is 2.20. The molecule has 0 aliphatic rings. The molecule has 2 heterocycles. The third-order valence-corrected chi connectivity index (χ3v) is 3.18. The van der Waals surface area contributed by atoms with Crippen LogP contribution in [0.25, 0.3) is 0 Å². The lowest BCUT2D eigenvalue weighted by molar-refractivity contribution is 0.393. The molecule has 4 heteroatoms. The van der Waals surface area contributed by atoms with Crippen LogP contribution in [0.5, 0.6) is 5.75 Å². The Morgan fingerprint density at radius 3 is 2.70 bits per heavy atom. The number of ether oxygens (including phenoxy) is 1. The van der Waals surface area contributed by atoms with E-state index in [1.54, 1.807) is 7.11 Å². The number of hydrogen-bond donors (Lipinski definition) is 1. The van der Waals surface area contributed by atoms with Crippen molar-refractivity contribution in [3.8, 4) is 5.75 Å². The molecule has 0 fully saturated rings. The number of nitrogens with one attached hydrogen (secondary N) is 1. The van der Waals surface area contributed by atoms with Crippen LogP contribution in [-0.4, -0.2) is 23.6 Å². The van der Waals surface area contributed by atoms with Crippen LogP contribution < -0.4 is 10.1 Å². The van der Waals surface area contributed by atoms with Gasteiger partial charge in [-0.15, -0.1) is 0 Å². The van der Waals surface area contributed by atoms with Crippen LogP contribution in [0, 0.1) is 0 Å². The number of aromatic nitrogens is 2. The van der Waals surface area contributed by atoms with E-state index in [0.717, 1.165) is 30.8 Å². The van der Waals surface area contributed by atoms with Gasteiger partial charge >= 0.3 is 0 Å². The lowest BCUT2D eigenvalue weighted by Crippen LogP contribution is -2.25. The molecule has 0 bridgehead atoms. The van der Waals surface area contributed by atoms with E-state index in [0.29, 0.717) is 0 Å². The Bertz CT molecular complexity index is 516. The van der Waals surface area contributed by atoms with Crippen molar-refractivity contribution in [2.75, 3.05) is 13.7 Å². The lowest BCUT2D eigenvalue weighted by Gasteiger charge is -2.20. The minimum Gasteiger partial charge on any atom is -0.495 e. The van der Waals surface area contributed by atoms with E-state index in [9.17, 15) is 0 Å². The van der Waals surface area contributed by atoms with Gasteiger partial charge in [0.05, 0.1) is 18.8 Å². The van der Waals surface area contributed by atoms with E-state index in [2.05, 4.69) is 22.2 Å².